The van der Waals surface area contributed by atoms with Crippen molar-refractivity contribution in [2.45, 2.75) is 25.6 Å². The van der Waals surface area contributed by atoms with Gasteiger partial charge in [0.05, 0.1) is 18.3 Å². The van der Waals surface area contributed by atoms with Gasteiger partial charge in [0.25, 0.3) is 0 Å². The van der Waals surface area contributed by atoms with Gasteiger partial charge in [-0.25, -0.2) is 0 Å². The van der Waals surface area contributed by atoms with Crippen LogP contribution < -0.4 is 10.6 Å². The minimum Gasteiger partial charge on any atom is -0.380 e. The van der Waals surface area contributed by atoms with Crippen LogP contribution in [0.2, 0.25) is 0 Å². The van der Waals surface area contributed by atoms with Crippen LogP contribution in [-0.2, 0) is 16.1 Å². The van der Waals surface area contributed by atoms with Crippen molar-refractivity contribution in [1.82, 2.24) is 15.6 Å². The number of methoxy groups -OCH3 is 1. The predicted octanol–water partition coefficient (Wildman–Crippen LogP) is 0.321. The zero-order valence-electron chi connectivity index (χ0n) is 10.4. The highest BCUT2D eigenvalue weighted by atomic mass is 16.5. The van der Waals surface area contributed by atoms with Crippen molar-refractivity contribution in [3.8, 4) is 0 Å². The topological polar surface area (TPSA) is 63.2 Å². The van der Waals surface area contributed by atoms with Gasteiger partial charge < -0.3 is 15.4 Å². The molecule has 1 aromatic rings. The van der Waals surface area contributed by atoms with Crippen LogP contribution in [0, 0.1) is 0 Å². The standard InChI is InChI=1S/C12H19N3O2/c1-9(17-3)11(13-2)12(16)15-8-10-6-4-5-7-14-10/h4-7,9,11,13H,8H2,1-3H3,(H,15,16). The number of aromatic nitrogens is 1. The number of rotatable bonds is 6. The summed E-state index contributed by atoms with van der Waals surface area (Å²) in [4.78, 5) is 16.0. The fourth-order valence-corrected chi connectivity index (χ4v) is 1.51. The van der Waals surface area contributed by atoms with E-state index in [9.17, 15) is 4.79 Å². The van der Waals surface area contributed by atoms with Gasteiger partial charge in [0.15, 0.2) is 0 Å². The van der Waals surface area contributed by atoms with Crippen molar-refractivity contribution in [3.05, 3.63) is 30.1 Å². The van der Waals surface area contributed by atoms with E-state index < -0.39 is 0 Å². The first-order valence-electron chi connectivity index (χ1n) is 5.56. The number of pyridine rings is 1. The number of nitrogens with zero attached hydrogens (tertiary/aromatic N) is 1. The molecule has 1 amide bonds. The van der Waals surface area contributed by atoms with Crippen LogP contribution in [0.5, 0.6) is 0 Å². The molecule has 0 aromatic carbocycles. The quantitative estimate of drug-likeness (QED) is 0.748. The van der Waals surface area contributed by atoms with E-state index in [-0.39, 0.29) is 18.1 Å². The predicted molar refractivity (Wildman–Crippen MR) is 65.4 cm³/mol. The maximum atomic E-state index is 11.9. The Morgan fingerprint density at radius 1 is 1.53 bits per heavy atom. The molecule has 1 rings (SSSR count). The summed E-state index contributed by atoms with van der Waals surface area (Å²) in [6, 6.07) is 5.24. The first kappa shape index (κ1) is 13.6. The van der Waals surface area contributed by atoms with E-state index in [0.29, 0.717) is 6.54 Å². The Balaban J connectivity index is 2.48. The highest BCUT2D eigenvalue weighted by molar-refractivity contribution is 5.82. The Kier molecular flexibility index (Phi) is 5.59. The molecule has 5 heteroatoms. The van der Waals surface area contributed by atoms with Crippen LogP contribution in [0.1, 0.15) is 12.6 Å². The molecule has 17 heavy (non-hydrogen) atoms. The van der Waals surface area contributed by atoms with Gasteiger partial charge in [-0.3, -0.25) is 9.78 Å². The second kappa shape index (κ2) is 6.98. The summed E-state index contributed by atoms with van der Waals surface area (Å²) in [5.41, 5.74) is 0.834. The van der Waals surface area contributed by atoms with E-state index in [4.69, 9.17) is 4.74 Å². The van der Waals surface area contributed by atoms with Crippen molar-refractivity contribution in [1.29, 1.82) is 0 Å². The van der Waals surface area contributed by atoms with Gasteiger partial charge in [0, 0.05) is 13.3 Å². The summed E-state index contributed by atoms with van der Waals surface area (Å²) in [6.45, 7) is 2.27. The monoisotopic (exact) mass is 237 g/mol. The summed E-state index contributed by atoms with van der Waals surface area (Å²) >= 11 is 0. The minimum atomic E-state index is -0.358. The molecule has 1 aromatic heterocycles. The van der Waals surface area contributed by atoms with E-state index in [1.165, 1.54) is 0 Å². The second-order valence-corrected chi connectivity index (χ2v) is 3.75. The van der Waals surface area contributed by atoms with Crippen LogP contribution in [0.15, 0.2) is 24.4 Å². The summed E-state index contributed by atoms with van der Waals surface area (Å²) in [6.07, 6.45) is 1.53. The zero-order valence-corrected chi connectivity index (χ0v) is 10.4. The Labute approximate surface area is 102 Å². The largest absolute Gasteiger partial charge is 0.380 e. The fourth-order valence-electron chi connectivity index (χ4n) is 1.51. The molecule has 94 valence electrons. The average Bonchev–Trinajstić information content (AvgIpc) is 2.38. The zero-order chi connectivity index (χ0) is 12.7. The molecule has 0 aliphatic rings. The van der Waals surface area contributed by atoms with Crippen molar-refractivity contribution in [3.63, 3.8) is 0 Å². The van der Waals surface area contributed by atoms with Gasteiger partial charge in [0.1, 0.15) is 6.04 Å². The minimum absolute atomic E-state index is 0.0903. The van der Waals surface area contributed by atoms with Crippen LogP contribution in [-0.4, -0.2) is 37.2 Å². The first-order chi connectivity index (χ1) is 8.19. The van der Waals surface area contributed by atoms with Gasteiger partial charge >= 0.3 is 0 Å². The molecule has 0 bridgehead atoms. The van der Waals surface area contributed by atoms with Crippen molar-refractivity contribution >= 4 is 5.91 Å². The molecule has 2 unspecified atom stereocenters. The van der Waals surface area contributed by atoms with Gasteiger partial charge in [0.2, 0.25) is 5.91 Å². The number of ether oxygens (including phenoxy) is 1. The molecule has 0 aliphatic carbocycles. The van der Waals surface area contributed by atoms with Crippen LogP contribution in [0.4, 0.5) is 0 Å². The number of hydrogen-bond acceptors (Lipinski definition) is 4. The molecule has 1 heterocycles. The number of hydrogen-bond donors (Lipinski definition) is 2. The van der Waals surface area contributed by atoms with Gasteiger partial charge in [-0.05, 0) is 26.1 Å². The lowest BCUT2D eigenvalue weighted by atomic mass is 10.1. The van der Waals surface area contributed by atoms with E-state index in [2.05, 4.69) is 15.6 Å². The van der Waals surface area contributed by atoms with Crippen LogP contribution in [0.3, 0.4) is 0 Å². The lowest BCUT2D eigenvalue weighted by Gasteiger charge is -2.21. The van der Waals surface area contributed by atoms with Crippen LogP contribution in [0.25, 0.3) is 0 Å². The molecule has 2 atom stereocenters. The summed E-state index contributed by atoms with van der Waals surface area (Å²) in [5.74, 6) is -0.0903. The molecule has 0 saturated carbocycles. The Bertz CT molecular complexity index is 343. The van der Waals surface area contributed by atoms with E-state index in [0.717, 1.165) is 5.69 Å². The molecular weight excluding hydrogens is 218 g/mol. The fraction of sp³-hybridized carbons (Fsp3) is 0.500. The highest BCUT2D eigenvalue weighted by Crippen LogP contribution is 1.98. The molecular formula is C12H19N3O2. The van der Waals surface area contributed by atoms with Crippen molar-refractivity contribution in [2.24, 2.45) is 0 Å². The lowest BCUT2D eigenvalue weighted by Crippen LogP contribution is -2.49. The SMILES string of the molecule is CNC(C(=O)NCc1ccccn1)C(C)OC. The average molecular weight is 237 g/mol. The molecule has 0 aliphatic heterocycles. The van der Waals surface area contributed by atoms with E-state index >= 15 is 0 Å². The first-order valence-corrected chi connectivity index (χ1v) is 5.56. The van der Waals surface area contributed by atoms with Gasteiger partial charge in [-0.1, -0.05) is 6.07 Å². The molecule has 5 nitrogen and oxygen atoms in total. The van der Waals surface area contributed by atoms with Crippen molar-refractivity contribution < 1.29 is 9.53 Å². The Morgan fingerprint density at radius 2 is 2.29 bits per heavy atom. The molecule has 0 fully saturated rings. The van der Waals surface area contributed by atoms with Crippen molar-refractivity contribution in [2.75, 3.05) is 14.2 Å². The maximum absolute atomic E-state index is 11.9. The Hall–Kier alpha value is -1.46. The molecule has 0 spiro atoms. The van der Waals surface area contributed by atoms with E-state index in [1.54, 1.807) is 20.4 Å². The number of nitrogens with one attached hydrogen (secondary N) is 2. The number of likely N-dealkylation sites (N-methyl/N-ethyl adjacent to an activating group) is 1. The van der Waals surface area contributed by atoms with Gasteiger partial charge in [-0.2, -0.15) is 0 Å². The normalized spacial score (nSPS) is 14.1. The molecule has 2 N–H and O–H groups in total. The summed E-state index contributed by atoms with van der Waals surface area (Å²) < 4.78 is 5.14. The highest BCUT2D eigenvalue weighted by Gasteiger charge is 2.22. The lowest BCUT2D eigenvalue weighted by molar-refractivity contribution is -0.126. The third-order valence-corrected chi connectivity index (χ3v) is 2.60. The Morgan fingerprint density at radius 3 is 2.82 bits per heavy atom. The van der Waals surface area contributed by atoms with Crippen LogP contribution >= 0.6 is 0 Å². The second-order valence-electron chi connectivity index (χ2n) is 3.75. The smallest absolute Gasteiger partial charge is 0.240 e. The number of amides is 1. The summed E-state index contributed by atoms with van der Waals surface area (Å²) in [5, 5.41) is 5.75. The maximum Gasteiger partial charge on any atom is 0.240 e. The van der Waals surface area contributed by atoms with Gasteiger partial charge in [-0.15, -0.1) is 0 Å². The number of carbonyl (C=O) groups is 1. The third-order valence-electron chi connectivity index (χ3n) is 2.60. The van der Waals surface area contributed by atoms with E-state index in [1.807, 2.05) is 25.1 Å². The molecule has 0 saturated heterocycles. The summed E-state index contributed by atoms with van der Waals surface area (Å²) in [7, 11) is 3.32. The number of carbonyl (C=O) groups excluding carboxylic acids is 1. The molecule has 0 radical (unpaired) electrons. The third kappa shape index (κ3) is 4.13.